The molecule has 0 aliphatic rings. The van der Waals surface area contributed by atoms with Crippen LogP contribution in [0.2, 0.25) is 0 Å². The van der Waals surface area contributed by atoms with Gasteiger partial charge in [0.1, 0.15) is 6.04 Å². The third-order valence-electron chi connectivity index (χ3n) is 3.91. The highest BCUT2D eigenvalue weighted by Crippen LogP contribution is 2.23. The van der Waals surface area contributed by atoms with Gasteiger partial charge in [0.05, 0.1) is 11.9 Å². The van der Waals surface area contributed by atoms with Crippen LogP contribution in [-0.4, -0.2) is 58.7 Å². The van der Waals surface area contributed by atoms with Crippen LogP contribution >= 0.6 is 0 Å². The van der Waals surface area contributed by atoms with Gasteiger partial charge < -0.3 is 10.2 Å². The highest BCUT2D eigenvalue weighted by atomic mass is 32.2. The third-order valence-corrected chi connectivity index (χ3v) is 5.16. The first kappa shape index (κ1) is 20.4. The molecule has 24 heavy (non-hydrogen) atoms. The number of benzene rings is 1. The van der Waals surface area contributed by atoms with Crippen molar-refractivity contribution < 1.29 is 13.2 Å². The second kappa shape index (κ2) is 8.48. The second-order valence-corrected chi connectivity index (χ2v) is 8.31. The number of amides is 1. The van der Waals surface area contributed by atoms with E-state index in [4.69, 9.17) is 0 Å². The van der Waals surface area contributed by atoms with E-state index >= 15 is 0 Å². The topological polar surface area (TPSA) is 69.7 Å². The molecule has 0 bridgehead atoms. The Labute approximate surface area is 145 Å². The first-order chi connectivity index (χ1) is 11.0. The molecule has 1 aromatic rings. The Morgan fingerprint density at radius 1 is 1.21 bits per heavy atom. The molecule has 0 aliphatic carbocycles. The highest BCUT2D eigenvalue weighted by molar-refractivity contribution is 7.92. The Morgan fingerprint density at radius 2 is 1.83 bits per heavy atom. The second-order valence-electron chi connectivity index (χ2n) is 6.45. The van der Waals surface area contributed by atoms with Crippen LogP contribution in [0.25, 0.3) is 0 Å². The lowest BCUT2D eigenvalue weighted by Gasteiger charge is -2.28. The first-order valence-electron chi connectivity index (χ1n) is 8.03. The van der Waals surface area contributed by atoms with Crippen molar-refractivity contribution in [3.63, 3.8) is 0 Å². The van der Waals surface area contributed by atoms with E-state index in [0.29, 0.717) is 12.2 Å². The van der Waals surface area contributed by atoms with Gasteiger partial charge in [-0.15, -0.1) is 0 Å². The van der Waals surface area contributed by atoms with Crippen LogP contribution in [0, 0.1) is 13.8 Å². The lowest BCUT2D eigenvalue weighted by molar-refractivity contribution is -0.121. The Morgan fingerprint density at radius 3 is 2.33 bits per heavy atom. The summed E-state index contributed by atoms with van der Waals surface area (Å²) in [4.78, 5) is 14.4. The molecule has 1 N–H and O–H groups in total. The van der Waals surface area contributed by atoms with E-state index in [9.17, 15) is 13.2 Å². The van der Waals surface area contributed by atoms with Gasteiger partial charge in [-0.1, -0.05) is 6.07 Å². The number of sulfonamides is 1. The molecule has 7 heteroatoms. The van der Waals surface area contributed by atoms with E-state index in [-0.39, 0.29) is 5.91 Å². The summed E-state index contributed by atoms with van der Waals surface area (Å²) < 4.78 is 25.6. The van der Waals surface area contributed by atoms with Crippen molar-refractivity contribution in [3.8, 4) is 0 Å². The monoisotopic (exact) mass is 355 g/mol. The van der Waals surface area contributed by atoms with Crippen LogP contribution in [0.1, 0.15) is 24.5 Å². The number of rotatable bonds is 8. The fourth-order valence-corrected chi connectivity index (χ4v) is 3.59. The summed E-state index contributed by atoms with van der Waals surface area (Å²) in [6.45, 7) is 6.88. The first-order valence-corrected chi connectivity index (χ1v) is 9.88. The summed E-state index contributed by atoms with van der Waals surface area (Å²) in [6.07, 6.45) is 1.94. The Kier molecular flexibility index (Phi) is 7.23. The van der Waals surface area contributed by atoms with Crippen LogP contribution in [0.3, 0.4) is 0 Å². The van der Waals surface area contributed by atoms with Gasteiger partial charge >= 0.3 is 0 Å². The van der Waals surface area contributed by atoms with Crippen molar-refractivity contribution in [2.24, 2.45) is 0 Å². The van der Waals surface area contributed by atoms with Gasteiger partial charge in [-0.25, -0.2) is 8.42 Å². The van der Waals surface area contributed by atoms with Crippen molar-refractivity contribution in [1.29, 1.82) is 0 Å². The predicted octanol–water partition coefficient (Wildman–Crippen LogP) is 1.53. The van der Waals surface area contributed by atoms with E-state index in [1.54, 1.807) is 19.1 Å². The summed E-state index contributed by atoms with van der Waals surface area (Å²) in [7, 11) is 0.364. The molecule has 0 spiro atoms. The lowest BCUT2D eigenvalue weighted by Crippen LogP contribution is -2.48. The number of hydrogen-bond acceptors (Lipinski definition) is 4. The fraction of sp³-hybridized carbons (Fsp3) is 0.588. The van der Waals surface area contributed by atoms with Gasteiger partial charge in [-0.05, 0) is 71.1 Å². The molecule has 1 amide bonds. The number of carbonyl (C=O) groups is 1. The number of nitrogens with zero attached hydrogens (tertiary/aromatic N) is 2. The van der Waals surface area contributed by atoms with Gasteiger partial charge in [0.25, 0.3) is 0 Å². The Balaban J connectivity index is 2.92. The molecule has 0 saturated carbocycles. The highest BCUT2D eigenvalue weighted by Gasteiger charge is 2.29. The smallest absolute Gasteiger partial charge is 0.243 e. The Hall–Kier alpha value is -1.60. The normalized spacial score (nSPS) is 13.0. The van der Waals surface area contributed by atoms with Crippen LogP contribution in [0.5, 0.6) is 0 Å². The van der Waals surface area contributed by atoms with Crippen LogP contribution < -0.4 is 9.62 Å². The molecule has 136 valence electrons. The molecule has 0 aliphatic heterocycles. The number of nitrogens with one attached hydrogen (secondary N) is 1. The molecule has 0 heterocycles. The average molecular weight is 356 g/mol. The fourth-order valence-electron chi connectivity index (χ4n) is 2.43. The Bertz CT molecular complexity index is 672. The van der Waals surface area contributed by atoms with Gasteiger partial charge in [-0.2, -0.15) is 0 Å². The minimum Gasteiger partial charge on any atom is -0.354 e. The molecule has 0 radical (unpaired) electrons. The maximum absolute atomic E-state index is 12.4. The number of hydrogen-bond donors (Lipinski definition) is 1. The lowest BCUT2D eigenvalue weighted by atomic mass is 10.1. The molecule has 1 atom stereocenters. The molecule has 0 aromatic heterocycles. The number of anilines is 1. The van der Waals surface area contributed by atoms with Crippen LogP contribution in [0.4, 0.5) is 5.69 Å². The molecule has 0 unspecified atom stereocenters. The van der Waals surface area contributed by atoms with Crippen molar-refractivity contribution in [3.05, 3.63) is 29.3 Å². The molecule has 6 nitrogen and oxygen atoms in total. The van der Waals surface area contributed by atoms with Gasteiger partial charge in [0.2, 0.25) is 15.9 Å². The van der Waals surface area contributed by atoms with E-state index in [1.807, 2.05) is 38.9 Å². The maximum Gasteiger partial charge on any atom is 0.243 e. The van der Waals surface area contributed by atoms with Crippen molar-refractivity contribution in [2.75, 3.05) is 37.7 Å². The van der Waals surface area contributed by atoms with Crippen molar-refractivity contribution in [2.45, 2.75) is 33.2 Å². The minimum absolute atomic E-state index is 0.294. The van der Waals surface area contributed by atoms with E-state index in [0.717, 1.165) is 30.3 Å². The summed E-state index contributed by atoms with van der Waals surface area (Å²) in [5.74, 6) is -0.294. The average Bonchev–Trinajstić information content (AvgIpc) is 2.45. The number of aryl methyl sites for hydroxylation is 2. The van der Waals surface area contributed by atoms with Crippen molar-refractivity contribution >= 4 is 21.6 Å². The zero-order valence-corrected chi connectivity index (χ0v) is 16.3. The van der Waals surface area contributed by atoms with Gasteiger partial charge in [0.15, 0.2) is 0 Å². The van der Waals surface area contributed by atoms with E-state index in [2.05, 4.69) is 5.32 Å². The van der Waals surface area contributed by atoms with Crippen molar-refractivity contribution in [1.82, 2.24) is 10.2 Å². The van der Waals surface area contributed by atoms with Crippen LogP contribution in [0.15, 0.2) is 18.2 Å². The molecular formula is C17H29N3O3S. The molecule has 0 saturated heterocycles. The third kappa shape index (κ3) is 5.79. The van der Waals surface area contributed by atoms with E-state index in [1.165, 1.54) is 4.31 Å². The molecule has 1 rings (SSSR count). The molecular weight excluding hydrogens is 326 g/mol. The maximum atomic E-state index is 12.4. The zero-order valence-electron chi connectivity index (χ0n) is 15.5. The summed E-state index contributed by atoms with van der Waals surface area (Å²) in [5, 5.41) is 2.81. The quantitative estimate of drug-likeness (QED) is 0.718. The molecule has 1 aromatic carbocycles. The standard InChI is InChI=1S/C17H29N3O3S/c1-13-8-9-16(12-14(13)2)20(24(6,22)23)15(3)17(21)18-10-7-11-19(4)5/h8-9,12,15H,7,10-11H2,1-6H3,(H,18,21)/t15-/m0/s1. The SMILES string of the molecule is Cc1ccc(N([C@@H](C)C(=O)NCCCN(C)C)S(C)(=O)=O)cc1C. The zero-order chi connectivity index (χ0) is 18.5. The minimum atomic E-state index is -3.57. The summed E-state index contributed by atoms with van der Waals surface area (Å²) in [5.41, 5.74) is 2.57. The van der Waals surface area contributed by atoms with Gasteiger partial charge in [-0.3, -0.25) is 9.10 Å². The largest absolute Gasteiger partial charge is 0.354 e. The van der Waals surface area contributed by atoms with Crippen LogP contribution in [-0.2, 0) is 14.8 Å². The number of carbonyl (C=O) groups excluding carboxylic acids is 1. The van der Waals surface area contributed by atoms with E-state index < -0.39 is 16.1 Å². The molecule has 0 fully saturated rings. The summed E-state index contributed by atoms with van der Waals surface area (Å²) in [6, 6.07) is 4.59. The van der Waals surface area contributed by atoms with Gasteiger partial charge in [0, 0.05) is 6.54 Å². The predicted molar refractivity (Wildman–Crippen MR) is 98.9 cm³/mol. The summed E-state index contributed by atoms with van der Waals surface area (Å²) >= 11 is 0.